The van der Waals surface area contributed by atoms with Crippen LogP contribution in [0.3, 0.4) is 0 Å². The zero-order valence-electron chi connectivity index (χ0n) is 10.3. The Balaban J connectivity index is 1.95. The molecule has 2 nitrogen and oxygen atoms in total. The summed E-state index contributed by atoms with van der Waals surface area (Å²) in [6.07, 6.45) is 6.07. The lowest BCUT2D eigenvalue weighted by atomic mass is 9.81. The molecule has 2 unspecified atom stereocenters. The van der Waals surface area contributed by atoms with Crippen molar-refractivity contribution >= 4 is 39.9 Å². The Kier molecular flexibility index (Phi) is 3.74. The predicted molar refractivity (Wildman–Crippen MR) is 85.3 cm³/mol. The van der Waals surface area contributed by atoms with Crippen LogP contribution in [0.15, 0.2) is 18.2 Å². The van der Waals surface area contributed by atoms with E-state index in [-0.39, 0.29) is 0 Å². The molecule has 0 aromatic heterocycles. The highest BCUT2D eigenvalue weighted by molar-refractivity contribution is 14.1. The van der Waals surface area contributed by atoms with Gasteiger partial charge in [0, 0.05) is 21.7 Å². The minimum atomic E-state index is 0.374. The van der Waals surface area contributed by atoms with E-state index in [1.807, 2.05) is 0 Å². The Morgan fingerprint density at radius 3 is 2.50 bits per heavy atom. The van der Waals surface area contributed by atoms with Crippen molar-refractivity contribution < 1.29 is 0 Å². The largest absolute Gasteiger partial charge is 0.364 e. The van der Waals surface area contributed by atoms with E-state index < -0.39 is 0 Å². The zero-order valence-corrected chi connectivity index (χ0v) is 13.2. The van der Waals surface area contributed by atoms with E-state index in [0.29, 0.717) is 18.1 Å². The molecule has 0 aliphatic carbocycles. The van der Waals surface area contributed by atoms with Crippen molar-refractivity contribution in [1.29, 1.82) is 0 Å². The normalized spacial score (nSPS) is 31.5. The maximum absolute atomic E-state index is 6.43. The van der Waals surface area contributed by atoms with Crippen molar-refractivity contribution in [3.8, 4) is 0 Å². The fourth-order valence-electron chi connectivity index (χ4n) is 3.51. The Labute approximate surface area is 127 Å². The van der Waals surface area contributed by atoms with Crippen LogP contribution in [-0.2, 0) is 0 Å². The summed E-state index contributed by atoms with van der Waals surface area (Å²) in [5.41, 5.74) is 7.37. The van der Waals surface area contributed by atoms with E-state index in [1.54, 1.807) is 0 Å². The second kappa shape index (κ2) is 5.17. The lowest BCUT2D eigenvalue weighted by Gasteiger charge is -2.50. The smallest absolute Gasteiger partial charge is 0.0650 e. The molecule has 2 bridgehead atoms. The van der Waals surface area contributed by atoms with Gasteiger partial charge in [0.2, 0.25) is 0 Å². The van der Waals surface area contributed by atoms with E-state index in [1.165, 1.54) is 28.5 Å². The highest BCUT2D eigenvalue weighted by atomic mass is 127. The van der Waals surface area contributed by atoms with Crippen molar-refractivity contribution in [2.45, 2.75) is 50.2 Å². The van der Waals surface area contributed by atoms with Crippen LogP contribution in [0, 0.1) is 3.57 Å². The van der Waals surface area contributed by atoms with Crippen molar-refractivity contribution in [2.24, 2.45) is 5.73 Å². The molecule has 0 amide bonds. The number of nitrogens with two attached hydrogens (primary N) is 1. The van der Waals surface area contributed by atoms with Crippen molar-refractivity contribution in [3.05, 3.63) is 26.8 Å². The molecule has 0 saturated carbocycles. The van der Waals surface area contributed by atoms with Gasteiger partial charge >= 0.3 is 0 Å². The van der Waals surface area contributed by atoms with Gasteiger partial charge in [-0.3, -0.25) is 0 Å². The third-order valence-corrected chi connectivity index (χ3v) is 5.17. The molecule has 2 atom stereocenters. The summed E-state index contributed by atoms with van der Waals surface area (Å²) >= 11 is 8.74. The maximum Gasteiger partial charge on any atom is 0.0650 e. The molecule has 3 rings (SSSR count). The van der Waals surface area contributed by atoms with E-state index in [0.717, 1.165) is 17.9 Å². The Bertz CT molecular complexity index is 437. The summed E-state index contributed by atoms with van der Waals surface area (Å²) in [4.78, 5) is 2.55. The van der Waals surface area contributed by atoms with Crippen molar-refractivity contribution in [2.75, 3.05) is 4.90 Å². The first kappa shape index (κ1) is 13.0. The topological polar surface area (TPSA) is 29.3 Å². The van der Waals surface area contributed by atoms with E-state index in [2.05, 4.69) is 45.7 Å². The molecule has 2 heterocycles. The Morgan fingerprint density at radius 2 is 1.89 bits per heavy atom. The number of nitrogens with zero attached hydrogens (tertiary/aromatic N) is 1. The summed E-state index contributed by atoms with van der Waals surface area (Å²) in [5.74, 6) is 0. The first-order chi connectivity index (χ1) is 8.65. The second-order valence-electron chi connectivity index (χ2n) is 5.47. The minimum absolute atomic E-state index is 0.374. The van der Waals surface area contributed by atoms with Gasteiger partial charge < -0.3 is 10.6 Å². The lowest BCUT2D eigenvalue weighted by Crippen LogP contribution is -2.55. The SMILES string of the molecule is NC1CC2CCCC(C1)N2c1ccc(I)cc1Cl. The average Bonchev–Trinajstić information content (AvgIpc) is 2.28. The monoisotopic (exact) mass is 376 g/mol. The van der Waals surface area contributed by atoms with Gasteiger partial charge in [-0.05, 0) is 72.9 Å². The highest BCUT2D eigenvalue weighted by Gasteiger charge is 2.37. The fraction of sp³-hybridized carbons (Fsp3) is 0.571. The van der Waals surface area contributed by atoms with Crippen LogP contribution in [-0.4, -0.2) is 18.1 Å². The predicted octanol–water partition coefficient (Wildman–Crippen LogP) is 3.79. The Morgan fingerprint density at radius 1 is 1.22 bits per heavy atom. The van der Waals surface area contributed by atoms with Crippen molar-refractivity contribution in [3.63, 3.8) is 0 Å². The molecule has 2 aliphatic heterocycles. The summed E-state index contributed by atoms with van der Waals surface area (Å²) < 4.78 is 1.19. The first-order valence-corrected chi connectivity index (χ1v) is 8.10. The number of halogens is 2. The van der Waals surface area contributed by atoms with Gasteiger partial charge in [-0.1, -0.05) is 11.6 Å². The van der Waals surface area contributed by atoms with Gasteiger partial charge in [0.25, 0.3) is 0 Å². The van der Waals surface area contributed by atoms with Crippen LogP contribution in [0.2, 0.25) is 5.02 Å². The van der Waals surface area contributed by atoms with Crippen LogP contribution in [0.5, 0.6) is 0 Å². The number of hydrogen-bond donors (Lipinski definition) is 1. The molecular formula is C14H18ClIN2. The molecule has 2 fully saturated rings. The molecule has 18 heavy (non-hydrogen) atoms. The third-order valence-electron chi connectivity index (χ3n) is 4.20. The summed E-state index contributed by atoms with van der Waals surface area (Å²) in [6, 6.07) is 7.93. The van der Waals surface area contributed by atoms with Crippen LogP contribution in [0.25, 0.3) is 0 Å². The van der Waals surface area contributed by atoms with Crippen LogP contribution in [0.1, 0.15) is 32.1 Å². The van der Waals surface area contributed by atoms with E-state index >= 15 is 0 Å². The molecule has 4 heteroatoms. The van der Waals surface area contributed by atoms with E-state index in [4.69, 9.17) is 17.3 Å². The standard InChI is InChI=1S/C14H18ClIN2/c15-13-6-9(16)4-5-14(13)18-11-2-1-3-12(18)8-10(17)7-11/h4-6,10-12H,1-3,7-8,17H2. The van der Waals surface area contributed by atoms with Crippen LogP contribution >= 0.6 is 34.2 Å². The van der Waals surface area contributed by atoms with Gasteiger partial charge in [0.15, 0.2) is 0 Å². The van der Waals surface area contributed by atoms with Gasteiger partial charge in [-0.25, -0.2) is 0 Å². The summed E-state index contributed by atoms with van der Waals surface area (Å²) in [5, 5.41) is 0.884. The molecule has 98 valence electrons. The number of piperidine rings is 2. The quantitative estimate of drug-likeness (QED) is 0.756. The molecule has 2 N–H and O–H groups in total. The Hall–Kier alpha value is -0.0000000000000000555. The average molecular weight is 377 g/mol. The summed E-state index contributed by atoms with van der Waals surface area (Å²) in [7, 11) is 0. The zero-order chi connectivity index (χ0) is 12.7. The number of hydrogen-bond acceptors (Lipinski definition) is 2. The molecule has 1 aromatic carbocycles. The first-order valence-electron chi connectivity index (χ1n) is 6.64. The number of anilines is 1. The van der Waals surface area contributed by atoms with Gasteiger partial charge in [-0.2, -0.15) is 0 Å². The molecular weight excluding hydrogens is 359 g/mol. The third kappa shape index (κ3) is 2.37. The minimum Gasteiger partial charge on any atom is -0.364 e. The van der Waals surface area contributed by atoms with Gasteiger partial charge in [-0.15, -0.1) is 0 Å². The fourth-order valence-corrected chi connectivity index (χ4v) is 4.46. The maximum atomic E-state index is 6.43. The van der Waals surface area contributed by atoms with Gasteiger partial charge in [0.05, 0.1) is 10.7 Å². The number of benzene rings is 1. The van der Waals surface area contributed by atoms with Gasteiger partial charge in [0.1, 0.15) is 0 Å². The number of rotatable bonds is 1. The molecule has 1 aromatic rings. The van der Waals surface area contributed by atoms with Crippen LogP contribution in [0.4, 0.5) is 5.69 Å². The molecule has 0 spiro atoms. The summed E-state index contributed by atoms with van der Waals surface area (Å²) in [6.45, 7) is 0. The highest BCUT2D eigenvalue weighted by Crippen LogP contribution is 2.40. The second-order valence-corrected chi connectivity index (χ2v) is 7.13. The molecule has 2 saturated heterocycles. The molecule has 2 aliphatic rings. The van der Waals surface area contributed by atoms with Crippen LogP contribution < -0.4 is 10.6 Å². The van der Waals surface area contributed by atoms with Crippen molar-refractivity contribution in [1.82, 2.24) is 0 Å². The molecule has 0 radical (unpaired) electrons. The lowest BCUT2D eigenvalue weighted by molar-refractivity contribution is 0.271. The van der Waals surface area contributed by atoms with E-state index in [9.17, 15) is 0 Å². The number of fused-ring (bicyclic) bond motifs is 2.